The van der Waals surface area contributed by atoms with Crippen LogP contribution >= 0.6 is 11.6 Å². The van der Waals surface area contributed by atoms with Gasteiger partial charge in [0.2, 0.25) is 0 Å². The second-order valence-corrected chi connectivity index (χ2v) is 6.21. The summed E-state index contributed by atoms with van der Waals surface area (Å²) in [6, 6.07) is 16.5. The molecule has 0 spiro atoms. The number of nitrogens with zero attached hydrogens (tertiary/aromatic N) is 2. The molecule has 1 amide bonds. The van der Waals surface area contributed by atoms with Crippen molar-refractivity contribution in [2.75, 3.05) is 18.6 Å². The monoisotopic (exact) mass is 400 g/mol. The zero-order valence-corrected chi connectivity index (χ0v) is 15.9. The molecule has 5 nitrogen and oxygen atoms in total. The lowest BCUT2D eigenvalue weighted by Crippen LogP contribution is -2.35. The normalized spacial score (nSPS) is 10.4. The Balaban J connectivity index is 1.84. The number of aromatic nitrogens is 1. The molecule has 0 aliphatic carbocycles. The number of rotatable bonds is 7. The van der Waals surface area contributed by atoms with Crippen LogP contribution in [0.25, 0.3) is 0 Å². The Morgan fingerprint density at radius 1 is 1.07 bits per heavy atom. The van der Waals surface area contributed by atoms with Crippen molar-refractivity contribution in [2.24, 2.45) is 0 Å². The highest BCUT2D eigenvalue weighted by Crippen LogP contribution is 2.27. The quantitative estimate of drug-likeness (QED) is 0.586. The van der Waals surface area contributed by atoms with Gasteiger partial charge in [0, 0.05) is 16.8 Å². The molecule has 0 atom stereocenters. The number of benzene rings is 2. The van der Waals surface area contributed by atoms with Gasteiger partial charge in [-0.3, -0.25) is 9.69 Å². The standard InChI is InChI=1S/C21H18ClFN2O3/c1-27-18-9-2-3-10-19(18)28-14-21(26)25(20-11-4-5-12-24-20)13-15-16(22)7-6-8-17(15)23/h2-12H,13-14H2,1H3. The fourth-order valence-corrected chi connectivity index (χ4v) is 2.83. The third-order valence-corrected chi connectivity index (χ3v) is 4.38. The van der Waals surface area contributed by atoms with Crippen molar-refractivity contribution in [2.45, 2.75) is 6.54 Å². The summed E-state index contributed by atoms with van der Waals surface area (Å²) in [6.07, 6.45) is 1.56. The van der Waals surface area contributed by atoms with Crippen molar-refractivity contribution in [3.63, 3.8) is 0 Å². The number of halogens is 2. The Morgan fingerprint density at radius 2 is 1.82 bits per heavy atom. The van der Waals surface area contributed by atoms with Crippen molar-refractivity contribution in [1.29, 1.82) is 0 Å². The van der Waals surface area contributed by atoms with E-state index >= 15 is 0 Å². The summed E-state index contributed by atoms with van der Waals surface area (Å²) in [6.45, 7) is -0.348. The maximum absolute atomic E-state index is 14.2. The lowest BCUT2D eigenvalue weighted by atomic mass is 10.2. The van der Waals surface area contributed by atoms with E-state index in [9.17, 15) is 9.18 Å². The molecule has 3 aromatic rings. The molecule has 144 valence electrons. The van der Waals surface area contributed by atoms with Crippen LogP contribution in [0.1, 0.15) is 5.56 Å². The van der Waals surface area contributed by atoms with E-state index in [2.05, 4.69) is 4.98 Å². The summed E-state index contributed by atoms with van der Waals surface area (Å²) >= 11 is 6.13. The molecule has 0 unspecified atom stereocenters. The number of hydrogen-bond acceptors (Lipinski definition) is 4. The number of anilines is 1. The van der Waals surface area contributed by atoms with Gasteiger partial charge < -0.3 is 9.47 Å². The van der Waals surface area contributed by atoms with E-state index in [1.165, 1.54) is 24.1 Å². The van der Waals surface area contributed by atoms with Crippen LogP contribution in [0.3, 0.4) is 0 Å². The molecule has 28 heavy (non-hydrogen) atoms. The summed E-state index contributed by atoms with van der Waals surface area (Å²) in [5.41, 5.74) is 0.209. The summed E-state index contributed by atoms with van der Waals surface area (Å²) in [7, 11) is 1.52. The molecule has 0 radical (unpaired) electrons. The van der Waals surface area contributed by atoms with Gasteiger partial charge in [0.25, 0.3) is 5.91 Å². The van der Waals surface area contributed by atoms with Gasteiger partial charge in [-0.25, -0.2) is 9.37 Å². The topological polar surface area (TPSA) is 51.7 Å². The van der Waals surface area contributed by atoms with Gasteiger partial charge >= 0.3 is 0 Å². The predicted molar refractivity (Wildman–Crippen MR) is 105 cm³/mol. The number of pyridine rings is 1. The lowest BCUT2D eigenvalue weighted by Gasteiger charge is -2.23. The molecular formula is C21H18ClFN2O3. The summed E-state index contributed by atoms with van der Waals surface area (Å²) in [4.78, 5) is 18.4. The van der Waals surface area contributed by atoms with Crippen LogP contribution in [-0.2, 0) is 11.3 Å². The minimum Gasteiger partial charge on any atom is -0.493 e. The molecule has 7 heteroatoms. The van der Waals surface area contributed by atoms with Crippen molar-refractivity contribution in [3.05, 3.63) is 83.3 Å². The van der Waals surface area contributed by atoms with Gasteiger partial charge in [0.05, 0.1) is 13.7 Å². The number of amides is 1. The highest BCUT2D eigenvalue weighted by Gasteiger charge is 2.21. The molecule has 0 saturated carbocycles. The number of carbonyl (C=O) groups excluding carboxylic acids is 1. The molecule has 3 rings (SSSR count). The van der Waals surface area contributed by atoms with Gasteiger partial charge in [-0.1, -0.05) is 35.9 Å². The molecule has 0 aliphatic rings. The number of carbonyl (C=O) groups is 1. The largest absolute Gasteiger partial charge is 0.493 e. The fourth-order valence-electron chi connectivity index (χ4n) is 2.61. The van der Waals surface area contributed by atoms with Crippen LogP contribution in [0.4, 0.5) is 10.2 Å². The molecule has 2 aromatic carbocycles. The Labute approximate surface area is 167 Å². The SMILES string of the molecule is COc1ccccc1OCC(=O)N(Cc1c(F)cccc1Cl)c1ccccn1. The van der Waals surface area contributed by atoms with Crippen LogP contribution in [0.2, 0.25) is 5.02 Å². The van der Waals surface area contributed by atoms with Gasteiger partial charge in [0.1, 0.15) is 11.6 Å². The first-order valence-corrected chi connectivity index (χ1v) is 8.88. The second kappa shape index (κ2) is 9.19. The van der Waals surface area contributed by atoms with Crippen LogP contribution in [0.15, 0.2) is 66.9 Å². The molecule has 0 aliphatic heterocycles. The van der Waals surface area contributed by atoms with E-state index in [0.717, 1.165) is 0 Å². The first kappa shape index (κ1) is 19.6. The number of hydrogen-bond donors (Lipinski definition) is 0. The molecule has 1 aromatic heterocycles. The van der Waals surface area contributed by atoms with E-state index < -0.39 is 11.7 Å². The van der Waals surface area contributed by atoms with Crippen molar-refractivity contribution < 1.29 is 18.7 Å². The minimum atomic E-state index is -0.494. The summed E-state index contributed by atoms with van der Waals surface area (Å²) < 4.78 is 25.1. The fraction of sp³-hybridized carbons (Fsp3) is 0.143. The number of methoxy groups -OCH3 is 1. The van der Waals surface area contributed by atoms with Gasteiger partial charge in [-0.05, 0) is 36.4 Å². The first-order chi connectivity index (χ1) is 13.6. The molecule has 0 fully saturated rings. The van der Waals surface area contributed by atoms with Crippen LogP contribution in [0.5, 0.6) is 11.5 Å². The van der Waals surface area contributed by atoms with Crippen LogP contribution in [0, 0.1) is 5.82 Å². The van der Waals surface area contributed by atoms with E-state index in [-0.39, 0.29) is 23.7 Å². The van der Waals surface area contributed by atoms with Gasteiger partial charge in [-0.15, -0.1) is 0 Å². The van der Waals surface area contributed by atoms with E-state index in [0.29, 0.717) is 17.3 Å². The highest BCUT2D eigenvalue weighted by atomic mass is 35.5. The Morgan fingerprint density at radius 3 is 2.50 bits per heavy atom. The molecule has 0 saturated heterocycles. The second-order valence-electron chi connectivity index (χ2n) is 5.81. The maximum Gasteiger partial charge on any atom is 0.266 e. The summed E-state index contributed by atoms with van der Waals surface area (Å²) in [5, 5.41) is 0.236. The highest BCUT2D eigenvalue weighted by molar-refractivity contribution is 6.31. The van der Waals surface area contributed by atoms with Crippen molar-refractivity contribution >= 4 is 23.3 Å². The maximum atomic E-state index is 14.2. The zero-order chi connectivity index (χ0) is 19.9. The van der Waals surface area contributed by atoms with E-state index in [1.807, 2.05) is 0 Å². The number of ether oxygens (including phenoxy) is 2. The van der Waals surface area contributed by atoms with Gasteiger partial charge in [-0.2, -0.15) is 0 Å². The predicted octanol–water partition coefficient (Wildman–Crippen LogP) is 4.49. The smallest absolute Gasteiger partial charge is 0.266 e. The van der Waals surface area contributed by atoms with E-state index in [4.69, 9.17) is 21.1 Å². The Hall–Kier alpha value is -3.12. The lowest BCUT2D eigenvalue weighted by molar-refractivity contribution is -0.120. The summed E-state index contributed by atoms with van der Waals surface area (Å²) in [5.74, 6) is 0.423. The van der Waals surface area contributed by atoms with E-state index in [1.54, 1.807) is 54.7 Å². The minimum absolute atomic E-state index is 0.0728. The third kappa shape index (κ3) is 4.58. The Bertz CT molecular complexity index is 933. The van der Waals surface area contributed by atoms with Crippen LogP contribution in [-0.4, -0.2) is 24.6 Å². The molecule has 0 N–H and O–H groups in total. The number of para-hydroxylation sites is 2. The average molecular weight is 401 g/mol. The van der Waals surface area contributed by atoms with Gasteiger partial charge in [0.15, 0.2) is 18.1 Å². The molecule has 1 heterocycles. The molecular weight excluding hydrogens is 383 g/mol. The van der Waals surface area contributed by atoms with Crippen molar-refractivity contribution in [3.8, 4) is 11.5 Å². The average Bonchev–Trinajstić information content (AvgIpc) is 2.72. The zero-order valence-electron chi connectivity index (χ0n) is 15.1. The Kier molecular flexibility index (Phi) is 6.45. The van der Waals surface area contributed by atoms with Crippen molar-refractivity contribution in [1.82, 2.24) is 4.98 Å². The first-order valence-electron chi connectivity index (χ1n) is 8.50. The molecule has 0 bridgehead atoms. The third-order valence-electron chi connectivity index (χ3n) is 4.03. The van der Waals surface area contributed by atoms with Crippen LogP contribution < -0.4 is 14.4 Å².